The molecule has 6 heteroatoms. The Labute approximate surface area is 97.3 Å². The zero-order chi connectivity index (χ0) is 12.1. The number of carbonyl (C=O) groups is 2. The first-order valence-electron chi connectivity index (χ1n) is 4.73. The van der Waals surface area contributed by atoms with Crippen molar-refractivity contribution in [3.8, 4) is 5.75 Å². The van der Waals surface area contributed by atoms with Crippen LogP contribution in [0.2, 0.25) is 0 Å². The minimum Gasteiger partial charge on any atom is -0.483 e. The third-order valence-electron chi connectivity index (χ3n) is 2.05. The molecular formula is C10H13NO4S. The number of ether oxygens (including phenoxy) is 1. The van der Waals surface area contributed by atoms with Crippen LogP contribution in [0.5, 0.6) is 5.75 Å². The first kappa shape index (κ1) is 12.5. The third kappa shape index (κ3) is 3.23. The van der Waals surface area contributed by atoms with Gasteiger partial charge in [-0.2, -0.15) is 0 Å². The van der Waals surface area contributed by atoms with Crippen molar-refractivity contribution >= 4 is 23.2 Å². The molecule has 1 N–H and O–H groups in total. The number of amides is 1. The average molecular weight is 243 g/mol. The van der Waals surface area contributed by atoms with Crippen LogP contribution in [-0.2, 0) is 4.79 Å². The van der Waals surface area contributed by atoms with E-state index in [0.29, 0.717) is 12.3 Å². The minimum atomic E-state index is -0.989. The largest absolute Gasteiger partial charge is 0.483 e. The summed E-state index contributed by atoms with van der Waals surface area (Å²) < 4.78 is 5.18. The first-order chi connectivity index (χ1) is 7.54. The van der Waals surface area contributed by atoms with Crippen LogP contribution in [0.25, 0.3) is 0 Å². The summed E-state index contributed by atoms with van der Waals surface area (Å²) in [5.41, 5.74) is 0. The molecular weight excluding hydrogens is 230 g/mol. The second kappa shape index (κ2) is 5.50. The van der Waals surface area contributed by atoms with Gasteiger partial charge in [0.1, 0.15) is 10.6 Å². The Hall–Kier alpha value is -1.56. The molecule has 16 heavy (non-hydrogen) atoms. The Bertz CT molecular complexity index is 388. The first-order valence-corrected chi connectivity index (χ1v) is 5.61. The van der Waals surface area contributed by atoms with Gasteiger partial charge in [-0.05, 0) is 6.92 Å². The van der Waals surface area contributed by atoms with Crippen molar-refractivity contribution in [2.45, 2.75) is 6.92 Å². The van der Waals surface area contributed by atoms with Gasteiger partial charge in [0.25, 0.3) is 5.91 Å². The van der Waals surface area contributed by atoms with Gasteiger partial charge in [0.05, 0.1) is 0 Å². The normalized spacial score (nSPS) is 9.88. The fraction of sp³-hybridized carbons (Fsp3) is 0.400. The van der Waals surface area contributed by atoms with E-state index in [9.17, 15) is 9.59 Å². The second-order valence-electron chi connectivity index (χ2n) is 3.15. The van der Waals surface area contributed by atoms with Crippen molar-refractivity contribution in [1.82, 2.24) is 4.90 Å². The number of aromatic carboxylic acids is 1. The highest BCUT2D eigenvalue weighted by Crippen LogP contribution is 2.21. The van der Waals surface area contributed by atoms with Crippen LogP contribution >= 0.6 is 11.3 Å². The molecule has 0 aliphatic carbocycles. The molecule has 0 fully saturated rings. The summed E-state index contributed by atoms with van der Waals surface area (Å²) in [5.74, 6) is -0.706. The summed E-state index contributed by atoms with van der Waals surface area (Å²) >= 11 is 1.07. The molecule has 0 aliphatic rings. The molecule has 0 aromatic carbocycles. The maximum Gasteiger partial charge on any atom is 0.346 e. The van der Waals surface area contributed by atoms with Gasteiger partial charge in [-0.15, -0.1) is 11.3 Å². The predicted octanol–water partition coefficient (Wildman–Crippen LogP) is 1.30. The number of thiophene rings is 1. The summed E-state index contributed by atoms with van der Waals surface area (Å²) in [4.78, 5) is 23.7. The Kier molecular flexibility index (Phi) is 4.30. The fourth-order valence-corrected chi connectivity index (χ4v) is 1.60. The topological polar surface area (TPSA) is 66.8 Å². The Balaban J connectivity index is 2.48. The van der Waals surface area contributed by atoms with E-state index in [1.54, 1.807) is 12.4 Å². The van der Waals surface area contributed by atoms with E-state index >= 15 is 0 Å². The molecule has 1 aromatic rings. The SMILES string of the molecule is CCN(C)C(=O)COc1csc(C(=O)O)c1. The van der Waals surface area contributed by atoms with E-state index in [2.05, 4.69) is 0 Å². The lowest BCUT2D eigenvalue weighted by atomic mass is 10.4. The predicted molar refractivity (Wildman–Crippen MR) is 60.1 cm³/mol. The van der Waals surface area contributed by atoms with Crippen LogP contribution in [0.15, 0.2) is 11.4 Å². The van der Waals surface area contributed by atoms with E-state index in [4.69, 9.17) is 9.84 Å². The van der Waals surface area contributed by atoms with Crippen molar-refractivity contribution in [3.63, 3.8) is 0 Å². The Morgan fingerprint density at radius 3 is 2.75 bits per heavy atom. The molecule has 88 valence electrons. The zero-order valence-corrected chi connectivity index (χ0v) is 9.91. The number of hydrogen-bond donors (Lipinski definition) is 1. The smallest absolute Gasteiger partial charge is 0.346 e. The highest BCUT2D eigenvalue weighted by atomic mass is 32.1. The number of rotatable bonds is 5. The lowest BCUT2D eigenvalue weighted by Crippen LogP contribution is -2.30. The summed E-state index contributed by atoms with van der Waals surface area (Å²) in [6.45, 7) is 2.41. The van der Waals surface area contributed by atoms with Crippen LogP contribution in [0, 0.1) is 0 Å². The fourth-order valence-electron chi connectivity index (χ4n) is 0.938. The van der Waals surface area contributed by atoms with Crippen molar-refractivity contribution in [2.75, 3.05) is 20.2 Å². The van der Waals surface area contributed by atoms with Crippen LogP contribution in [0.1, 0.15) is 16.6 Å². The van der Waals surface area contributed by atoms with Gasteiger partial charge in [0, 0.05) is 25.0 Å². The van der Waals surface area contributed by atoms with Gasteiger partial charge in [-0.25, -0.2) is 4.79 Å². The maximum atomic E-state index is 11.4. The third-order valence-corrected chi connectivity index (χ3v) is 2.95. The van der Waals surface area contributed by atoms with Crippen LogP contribution in [0.3, 0.4) is 0 Å². The number of carboxylic acid groups (broad SMARTS) is 1. The second-order valence-corrected chi connectivity index (χ2v) is 4.06. The molecule has 0 saturated carbocycles. The van der Waals surface area contributed by atoms with E-state index in [0.717, 1.165) is 11.3 Å². The van der Waals surface area contributed by atoms with Crippen molar-refractivity contribution in [1.29, 1.82) is 0 Å². The molecule has 0 spiro atoms. The molecule has 1 aromatic heterocycles. The highest BCUT2D eigenvalue weighted by molar-refractivity contribution is 7.12. The summed E-state index contributed by atoms with van der Waals surface area (Å²) in [5, 5.41) is 10.3. The molecule has 0 bridgehead atoms. The number of carbonyl (C=O) groups excluding carboxylic acids is 1. The number of nitrogens with zero attached hydrogens (tertiary/aromatic N) is 1. The minimum absolute atomic E-state index is 0.0693. The van der Waals surface area contributed by atoms with Gasteiger partial charge in [-0.3, -0.25) is 4.79 Å². The summed E-state index contributed by atoms with van der Waals surface area (Å²) in [6.07, 6.45) is 0. The van der Waals surface area contributed by atoms with Crippen molar-refractivity contribution in [3.05, 3.63) is 16.3 Å². The summed E-state index contributed by atoms with van der Waals surface area (Å²) in [7, 11) is 1.68. The van der Waals surface area contributed by atoms with Gasteiger partial charge in [0.15, 0.2) is 6.61 Å². The maximum absolute atomic E-state index is 11.4. The lowest BCUT2D eigenvalue weighted by molar-refractivity contribution is -0.131. The molecule has 0 aliphatic heterocycles. The van der Waals surface area contributed by atoms with Crippen molar-refractivity contribution < 1.29 is 19.4 Å². The molecule has 1 heterocycles. The van der Waals surface area contributed by atoms with Crippen LogP contribution in [0.4, 0.5) is 0 Å². The molecule has 0 atom stereocenters. The standard InChI is InChI=1S/C10H13NO4S/c1-3-11(2)9(12)5-15-7-4-8(10(13)14)16-6-7/h4,6H,3,5H2,1-2H3,(H,13,14). The Morgan fingerprint density at radius 2 is 2.25 bits per heavy atom. The average Bonchev–Trinajstić information content (AvgIpc) is 2.73. The lowest BCUT2D eigenvalue weighted by Gasteiger charge is -2.14. The van der Waals surface area contributed by atoms with Crippen LogP contribution in [-0.4, -0.2) is 42.1 Å². The molecule has 1 rings (SSSR count). The van der Waals surface area contributed by atoms with Crippen molar-refractivity contribution in [2.24, 2.45) is 0 Å². The van der Waals surface area contributed by atoms with Gasteiger partial charge in [-0.1, -0.05) is 0 Å². The van der Waals surface area contributed by atoms with Gasteiger partial charge in [0.2, 0.25) is 0 Å². The molecule has 5 nitrogen and oxygen atoms in total. The Morgan fingerprint density at radius 1 is 1.56 bits per heavy atom. The van der Waals surface area contributed by atoms with Gasteiger partial charge < -0.3 is 14.7 Å². The highest BCUT2D eigenvalue weighted by Gasteiger charge is 2.10. The van der Waals surface area contributed by atoms with Crippen LogP contribution < -0.4 is 4.74 Å². The summed E-state index contributed by atoms with van der Waals surface area (Å²) in [6, 6.07) is 1.41. The quantitative estimate of drug-likeness (QED) is 0.846. The van der Waals surface area contributed by atoms with E-state index in [-0.39, 0.29) is 17.4 Å². The van der Waals surface area contributed by atoms with E-state index in [1.165, 1.54) is 11.0 Å². The zero-order valence-electron chi connectivity index (χ0n) is 9.10. The molecule has 0 saturated heterocycles. The number of carboxylic acids is 1. The molecule has 0 radical (unpaired) electrons. The van der Waals surface area contributed by atoms with E-state index in [1.807, 2.05) is 6.92 Å². The van der Waals surface area contributed by atoms with Gasteiger partial charge >= 0.3 is 5.97 Å². The number of hydrogen-bond acceptors (Lipinski definition) is 4. The molecule has 1 amide bonds. The van der Waals surface area contributed by atoms with E-state index < -0.39 is 5.97 Å². The molecule has 0 unspecified atom stereocenters. The monoisotopic (exact) mass is 243 g/mol. The number of likely N-dealkylation sites (N-methyl/N-ethyl adjacent to an activating group) is 1.